The smallest absolute Gasteiger partial charge is 0.252 e. The van der Waals surface area contributed by atoms with Gasteiger partial charge in [0, 0.05) is 106 Å². The fourth-order valence-electron chi connectivity index (χ4n) is 20.7. The quantitative estimate of drug-likeness (QED) is 0.114. The van der Waals surface area contributed by atoms with E-state index in [1.165, 1.54) is 38.6 Å². The van der Waals surface area contributed by atoms with E-state index in [0.717, 1.165) is 145 Å². The van der Waals surface area contributed by atoms with Crippen molar-refractivity contribution in [3.8, 4) is 61.6 Å². The Labute approximate surface area is 797 Å². The first kappa shape index (κ1) is 74.3. The summed E-state index contributed by atoms with van der Waals surface area (Å²) in [6, 6.07) is 112. The molecule has 3 aromatic heterocycles. The standard InChI is InChI=1S/C126H115BN6/c1-121(2,3)84-53-62-109-101(67-84)102-68-85(122(4,5)6)54-63-110(102)130(109)94-58-61-107-115(77-94)133(120-99(82-43-29-21-30-44-82)73-89(126(16,17)18)74-100(120)83-45-31-22-32-46-83)117-79-95(131-111-64-55-86(123(7,8)9)69-103(111)104-70-87(124(10,11)12)56-65-112(104)131)78-116-118(117)127(107)106-60-57-93(76-114(106)132(116)119-97(80-39-25-19-26-40-80)71-88(125(13,14)15)72-98(119)81-41-27-20-28-42-81)129-108-52-38-37-51-96(108)105-75-92(59-66-113(105)129)128(90-47-33-23-34-48-90)91-49-35-24-36-50-91/h19-79H,1-18H3/i23D,33D,34D,37D,38D,47D,48D,51D,52D. The first-order valence-corrected chi connectivity index (χ1v) is 46.8. The molecule has 0 amide bonds. The highest BCUT2D eigenvalue weighted by molar-refractivity contribution is 7.00. The highest BCUT2D eigenvalue weighted by Gasteiger charge is 2.47. The van der Waals surface area contributed by atoms with Crippen LogP contribution in [0.3, 0.4) is 0 Å². The summed E-state index contributed by atoms with van der Waals surface area (Å²) in [5, 5.41) is 5.30. The molecule has 2 aliphatic heterocycles. The van der Waals surface area contributed by atoms with Crippen LogP contribution >= 0.6 is 0 Å². The molecule has 6 nitrogen and oxygen atoms in total. The number of hydrogen-bond acceptors (Lipinski definition) is 3. The van der Waals surface area contributed by atoms with E-state index in [9.17, 15) is 8.22 Å². The lowest BCUT2D eigenvalue weighted by atomic mass is 9.33. The van der Waals surface area contributed by atoms with Crippen LogP contribution in [0.25, 0.3) is 127 Å². The molecule has 0 atom stereocenters. The summed E-state index contributed by atoms with van der Waals surface area (Å²) in [5.74, 6) is 0. The molecule has 0 bridgehead atoms. The van der Waals surface area contributed by atoms with Crippen LogP contribution in [0.4, 0.5) is 51.2 Å². The topological polar surface area (TPSA) is 24.5 Å². The molecule has 0 N–H and O–H groups in total. The van der Waals surface area contributed by atoms with Gasteiger partial charge in [-0.05, 0) is 262 Å². The third-order valence-corrected chi connectivity index (χ3v) is 27.9. The van der Waals surface area contributed by atoms with E-state index in [2.05, 4.69) is 410 Å². The molecule has 17 aromatic carbocycles. The summed E-state index contributed by atoms with van der Waals surface area (Å²) in [6.07, 6.45) is 0. The van der Waals surface area contributed by atoms with Crippen LogP contribution in [0.2, 0.25) is 0 Å². The molecule has 22 rings (SSSR count). The second-order valence-corrected chi connectivity index (χ2v) is 42.8. The Kier molecular flexibility index (Phi) is 17.4. The summed E-state index contributed by atoms with van der Waals surface area (Å²) >= 11 is 0. The Hall–Kier alpha value is -14.4. The minimum atomic E-state index is -0.574. The minimum Gasteiger partial charge on any atom is -0.310 e. The summed E-state index contributed by atoms with van der Waals surface area (Å²) in [4.78, 5) is 6.90. The Morgan fingerprint density at radius 2 is 0.541 bits per heavy atom. The molecule has 133 heavy (non-hydrogen) atoms. The first-order chi connectivity index (χ1) is 67.5. The van der Waals surface area contributed by atoms with Gasteiger partial charge < -0.3 is 28.4 Å². The van der Waals surface area contributed by atoms with Crippen molar-refractivity contribution in [3.63, 3.8) is 0 Å². The molecule has 2 aliphatic rings. The van der Waals surface area contributed by atoms with Crippen LogP contribution in [0.1, 0.15) is 170 Å². The van der Waals surface area contributed by atoms with Crippen LogP contribution < -0.4 is 31.1 Å². The van der Waals surface area contributed by atoms with Gasteiger partial charge in [-0.15, -0.1) is 0 Å². The Morgan fingerprint density at radius 3 is 0.902 bits per heavy atom. The van der Waals surface area contributed by atoms with E-state index >= 15 is 0 Å². The molecule has 0 radical (unpaired) electrons. The predicted octanol–water partition coefficient (Wildman–Crippen LogP) is 33.0. The van der Waals surface area contributed by atoms with Crippen molar-refractivity contribution in [3.05, 3.63) is 403 Å². The SMILES string of the molecule is [2H]c1c([2H])c([2H])c(N(c2ccccc2)c2ccc3c(c2)c2c([2H])c([2H])c([2H])c([2H])c2n3-c2ccc3c(c2)N(c2c(-c4ccccc4)cc(C(C)(C)C)cc2-c2ccccc2)c2cc(-n4c5ccc(C(C)(C)C)cc5c5cc(C(C)(C)C)ccc54)cc4c2B3c2ccc(-n3c5ccc(C(C)(C)C)cc5c5cc(C(C)(C)C)ccc53)cc2N4c2c(-c3ccccc3)cc(C(C)(C)C)cc2-c2ccccc2)c([2H])c1[2H]. The molecule has 0 spiro atoms. The average Bonchev–Trinajstić information content (AvgIpc) is 1.04. The highest BCUT2D eigenvalue weighted by Crippen LogP contribution is 2.57. The van der Waals surface area contributed by atoms with Crippen molar-refractivity contribution < 1.29 is 12.3 Å². The lowest BCUT2D eigenvalue weighted by Crippen LogP contribution is -2.61. The second kappa shape index (κ2) is 31.1. The number of anilines is 9. The molecule has 0 fully saturated rings. The minimum absolute atomic E-state index is 0.0854. The zero-order valence-electron chi connectivity index (χ0n) is 88.3. The van der Waals surface area contributed by atoms with E-state index < -0.39 is 49.0 Å². The van der Waals surface area contributed by atoms with Crippen LogP contribution in [0.15, 0.2) is 370 Å². The van der Waals surface area contributed by atoms with Gasteiger partial charge in [0.15, 0.2) is 0 Å². The zero-order valence-corrected chi connectivity index (χ0v) is 79.3. The predicted molar refractivity (Wildman–Crippen MR) is 572 cm³/mol. The van der Waals surface area contributed by atoms with E-state index in [-0.39, 0.29) is 61.2 Å². The Morgan fingerprint density at radius 1 is 0.233 bits per heavy atom. The highest BCUT2D eigenvalue weighted by atomic mass is 15.2. The van der Waals surface area contributed by atoms with Gasteiger partial charge in [-0.3, -0.25) is 0 Å². The van der Waals surface area contributed by atoms with E-state index in [4.69, 9.17) is 4.11 Å². The molecule has 0 aliphatic carbocycles. The van der Waals surface area contributed by atoms with Crippen LogP contribution in [-0.4, -0.2) is 20.4 Å². The second-order valence-electron chi connectivity index (χ2n) is 42.8. The van der Waals surface area contributed by atoms with Crippen LogP contribution in [0, 0.1) is 0 Å². The van der Waals surface area contributed by atoms with Crippen molar-refractivity contribution in [2.24, 2.45) is 0 Å². The first-order valence-electron chi connectivity index (χ1n) is 51.3. The van der Waals surface area contributed by atoms with Crippen molar-refractivity contribution in [2.75, 3.05) is 14.7 Å². The van der Waals surface area contributed by atoms with Gasteiger partial charge in [0.05, 0.1) is 62.5 Å². The molecular weight excluding hydrogens is 1610 g/mol. The molecule has 652 valence electrons. The number of nitrogens with zero attached hydrogens (tertiary/aromatic N) is 6. The number of aromatic nitrogens is 3. The summed E-state index contributed by atoms with van der Waals surface area (Å²) in [7, 11) is 0. The molecule has 0 saturated carbocycles. The third-order valence-electron chi connectivity index (χ3n) is 27.9. The molecule has 7 heteroatoms. The van der Waals surface area contributed by atoms with Crippen molar-refractivity contribution in [2.45, 2.75) is 157 Å². The number of hydrogen-bond donors (Lipinski definition) is 0. The number of rotatable bonds is 12. The Balaban J connectivity index is 0.952. The maximum Gasteiger partial charge on any atom is 0.252 e. The van der Waals surface area contributed by atoms with Crippen LogP contribution in [-0.2, 0) is 32.5 Å². The molecule has 0 saturated heterocycles. The van der Waals surface area contributed by atoms with Gasteiger partial charge in [-0.1, -0.05) is 337 Å². The van der Waals surface area contributed by atoms with Crippen molar-refractivity contribution >= 4 is 140 Å². The number of benzene rings is 17. The lowest BCUT2D eigenvalue weighted by Gasteiger charge is -2.46. The molecule has 0 unspecified atom stereocenters. The normalized spacial score (nSPS) is 14.1. The fraction of sp³-hybridized carbons (Fsp3) is 0.190. The van der Waals surface area contributed by atoms with Crippen molar-refractivity contribution in [1.82, 2.24) is 13.7 Å². The van der Waals surface area contributed by atoms with Gasteiger partial charge in [0.25, 0.3) is 6.71 Å². The van der Waals surface area contributed by atoms with Gasteiger partial charge in [-0.2, -0.15) is 0 Å². The number of para-hydroxylation sites is 3. The van der Waals surface area contributed by atoms with Crippen molar-refractivity contribution in [1.29, 1.82) is 0 Å². The van der Waals surface area contributed by atoms with Gasteiger partial charge in [0.2, 0.25) is 0 Å². The summed E-state index contributed by atoms with van der Waals surface area (Å²) < 4.78 is 93.3. The molecule has 5 heterocycles. The van der Waals surface area contributed by atoms with Gasteiger partial charge in [0.1, 0.15) is 0 Å². The third kappa shape index (κ3) is 14.3. The van der Waals surface area contributed by atoms with E-state index in [0.29, 0.717) is 28.0 Å². The number of fused-ring (bicyclic) bond motifs is 13. The fourth-order valence-corrected chi connectivity index (χ4v) is 20.7. The Bertz CT molecular complexity index is 8340. The van der Waals surface area contributed by atoms with Gasteiger partial charge >= 0.3 is 0 Å². The summed E-state index contributed by atoms with van der Waals surface area (Å²) in [5.41, 5.74) is 30.8. The van der Waals surface area contributed by atoms with E-state index in [1.54, 1.807) is 4.90 Å². The largest absolute Gasteiger partial charge is 0.310 e. The summed E-state index contributed by atoms with van der Waals surface area (Å²) in [6.45, 7) is 40.9. The average molecular weight is 1730 g/mol. The zero-order chi connectivity index (χ0) is 99.7. The van der Waals surface area contributed by atoms with Gasteiger partial charge in [-0.25, -0.2) is 0 Å². The monoisotopic (exact) mass is 1730 g/mol. The lowest BCUT2D eigenvalue weighted by molar-refractivity contribution is 0.590. The van der Waals surface area contributed by atoms with E-state index in [1.807, 2.05) is 53.1 Å². The maximum absolute atomic E-state index is 10.5. The molecular formula is C126H115BN6. The van der Waals surface area contributed by atoms with Crippen LogP contribution in [0.5, 0.6) is 0 Å². The molecule has 20 aromatic rings. The maximum atomic E-state index is 10.5.